The van der Waals surface area contributed by atoms with Crippen LogP contribution >= 0.6 is 11.8 Å². The molecule has 0 atom stereocenters. The standard InChI is InChI=1S/C12H16N2O4S/c1-5-7(2)10(11(15)16)19-12-13-8(17-3)6-9(14-12)18-4/h6H,5H2,1-4H3,(H,15,16). The van der Waals surface area contributed by atoms with Crippen molar-refractivity contribution in [2.24, 2.45) is 0 Å². The smallest absolute Gasteiger partial charge is 0.342 e. The molecule has 0 saturated heterocycles. The van der Waals surface area contributed by atoms with Crippen molar-refractivity contribution in [1.82, 2.24) is 9.97 Å². The Kier molecular flexibility index (Phi) is 5.62. The second kappa shape index (κ2) is 6.98. The first-order valence-corrected chi connectivity index (χ1v) is 6.41. The normalized spacial score (nSPS) is 11.8. The van der Waals surface area contributed by atoms with Gasteiger partial charge in [0.15, 0.2) is 5.16 Å². The molecule has 7 heteroatoms. The van der Waals surface area contributed by atoms with Crippen LogP contribution in [0.4, 0.5) is 0 Å². The summed E-state index contributed by atoms with van der Waals surface area (Å²) in [5.41, 5.74) is 0.767. The lowest BCUT2D eigenvalue weighted by molar-refractivity contribution is -0.131. The monoisotopic (exact) mass is 284 g/mol. The van der Waals surface area contributed by atoms with Crippen LogP contribution in [0.2, 0.25) is 0 Å². The number of methoxy groups -OCH3 is 2. The Morgan fingerprint density at radius 2 is 1.84 bits per heavy atom. The van der Waals surface area contributed by atoms with E-state index in [4.69, 9.17) is 9.47 Å². The highest BCUT2D eigenvalue weighted by Crippen LogP contribution is 2.30. The molecule has 0 spiro atoms. The highest BCUT2D eigenvalue weighted by Gasteiger charge is 2.16. The van der Waals surface area contributed by atoms with Gasteiger partial charge >= 0.3 is 5.97 Å². The fraction of sp³-hybridized carbons (Fsp3) is 0.417. The Hall–Kier alpha value is -1.76. The van der Waals surface area contributed by atoms with Gasteiger partial charge in [0.25, 0.3) is 0 Å². The summed E-state index contributed by atoms with van der Waals surface area (Å²) < 4.78 is 10.0. The van der Waals surface area contributed by atoms with Gasteiger partial charge in [-0.05, 0) is 25.1 Å². The number of thioether (sulfide) groups is 1. The number of hydrogen-bond donors (Lipinski definition) is 1. The van der Waals surface area contributed by atoms with E-state index in [1.54, 1.807) is 6.92 Å². The fourth-order valence-electron chi connectivity index (χ4n) is 1.20. The first kappa shape index (κ1) is 15.3. The largest absolute Gasteiger partial charge is 0.481 e. The third-order valence-corrected chi connectivity index (χ3v) is 3.47. The average Bonchev–Trinajstić information content (AvgIpc) is 2.43. The van der Waals surface area contributed by atoms with Crippen molar-refractivity contribution in [3.63, 3.8) is 0 Å². The summed E-state index contributed by atoms with van der Waals surface area (Å²) in [6.45, 7) is 3.67. The summed E-state index contributed by atoms with van der Waals surface area (Å²) in [7, 11) is 2.95. The van der Waals surface area contributed by atoms with Gasteiger partial charge in [0.1, 0.15) is 0 Å². The van der Waals surface area contributed by atoms with Gasteiger partial charge in [-0.25, -0.2) is 4.79 Å². The molecule has 6 nitrogen and oxygen atoms in total. The van der Waals surface area contributed by atoms with Crippen LogP contribution in [0.25, 0.3) is 0 Å². The van der Waals surface area contributed by atoms with Gasteiger partial charge in [-0.15, -0.1) is 0 Å². The Labute approximate surface area is 115 Å². The minimum absolute atomic E-state index is 0.220. The zero-order valence-corrected chi connectivity index (χ0v) is 12.1. The first-order valence-electron chi connectivity index (χ1n) is 5.59. The van der Waals surface area contributed by atoms with Crippen molar-refractivity contribution in [2.45, 2.75) is 25.4 Å². The number of carboxylic acids is 1. The molecule has 0 amide bonds. The summed E-state index contributed by atoms with van der Waals surface area (Å²) in [4.78, 5) is 19.6. The van der Waals surface area contributed by atoms with E-state index in [2.05, 4.69) is 9.97 Å². The SMILES string of the molecule is CCC(C)=C(Sc1nc(OC)cc(OC)n1)C(=O)O. The Morgan fingerprint density at radius 1 is 1.32 bits per heavy atom. The summed E-state index contributed by atoms with van der Waals surface area (Å²) in [6, 6.07) is 1.53. The van der Waals surface area contributed by atoms with Crippen LogP contribution < -0.4 is 9.47 Å². The second-order valence-electron chi connectivity index (χ2n) is 3.61. The van der Waals surface area contributed by atoms with Gasteiger partial charge in [-0.1, -0.05) is 12.5 Å². The molecule has 0 unspecified atom stereocenters. The van der Waals surface area contributed by atoms with Gasteiger partial charge in [0.2, 0.25) is 11.8 Å². The van der Waals surface area contributed by atoms with Gasteiger partial charge in [0, 0.05) is 0 Å². The van der Waals surface area contributed by atoms with Crippen LogP contribution in [0.5, 0.6) is 11.8 Å². The molecule has 104 valence electrons. The van der Waals surface area contributed by atoms with E-state index in [1.807, 2.05) is 6.92 Å². The maximum Gasteiger partial charge on any atom is 0.342 e. The number of hydrogen-bond acceptors (Lipinski definition) is 6. The van der Waals surface area contributed by atoms with Crippen molar-refractivity contribution < 1.29 is 19.4 Å². The lowest BCUT2D eigenvalue weighted by Gasteiger charge is -2.08. The van der Waals surface area contributed by atoms with E-state index in [1.165, 1.54) is 20.3 Å². The number of nitrogens with zero attached hydrogens (tertiary/aromatic N) is 2. The molecule has 0 aliphatic carbocycles. The molecule has 1 N–H and O–H groups in total. The Bertz CT molecular complexity index is 480. The number of aliphatic carboxylic acids is 1. The first-order chi connectivity index (χ1) is 9.01. The maximum atomic E-state index is 11.2. The predicted molar refractivity (Wildman–Crippen MR) is 71.6 cm³/mol. The molecular weight excluding hydrogens is 268 g/mol. The van der Waals surface area contributed by atoms with Crippen LogP contribution in [0.3, 0.4) is 0 Å². The topological polar surface area (TPSA) is 81.5 Å². The van der Waals surface area contributed by atoms with Crippen LogP contribution in [-0.4, -0.2) is 35.3 Å². The van der Waals surface area contributed by atoms with E-state index < -0.39 is 5.97 Å². The van der Waals surface area contributed by atoms with Crippen molar-refractivity contribution >= 4 is 17.7 Å². The highest BCUT2D eigenvalue weighted by molar-refractivity contribution is 8.03. The predicted octanol–water partition coefficient (Wildman–Crippen LogP) is 2.35. The number of aromatic nitrogens is 2. The molecule has 0 aliphatic heterocycles. The molecule has 0 fully saturated rings. The summed E-state index contributed by atoms with van der Waals surface area (Å²) >= 11 is 0.986. The number of ether oxygens (including phenoxy) is 2. The zero-order valence-electron chi connectivity index (χ0n) is 11.3. The summed E-state index contributed by atoms with van der Waals surface area (Å²) in [5.74, 6) is -0.337. The van der Waals surface area contributed by atoms with Gasteiger partial charge in [-0.3, -0.25) is 0 Å². The quantitative estimate of drug-likeness (QED) is 0.488. The summed E-state index contributed by atoms with van der Waals surface area (Å²) in [5, 5.41) is 9.47. The molecule has 0 bridgehead atoms. The lowest BCUT2D eigenvalue weighted by Crippen LogP contribution is -2.02. The Morgan fingerprint density at radius 3 is 2.21 bits per heavy atom. The number of rotatable bonds is 6. The van der Waals surface area contributed by atoms with Crippen molar-refractivity contribution in [2.75, 3.05) is 14.2 Å². The molecule has 0 aliphatic rings. The molecule has 1 aromatic rings. The fourth-order valence-corrected chi connectivity index (χ4v) is 2.06. The third kappa shape index (κ3) is 4.13. The second-order valence-corrected chi connectivity index (χ2v) is 4.58. The van der Waals surface area contributed by atoms with Gasteiger partial charge in [0.05, 0.1) is 25.2 Å². The van der Waals surface area contributed by atoms with Crippen molar-refractivity contribution in [3.8, 4) is 11.8 Å². The van der Waals surface area contributed by atoms with Gasteiger partial charge in [-0.2, -0.15) is 9.97 Å². The Balaban J connectivity index is 3.13. The van der Waals surface area contributed by atoms with E-state index in [0.29, 0.717) is 18.2 Å². The third-order valence-electron chi connectivity index (χ3n) is 2.38. The minimum atomic E-state index is -0.991. The van der Waals surface area contributed by atoms with Crippen molar-refractivity contribution in [1.29, 1.82) is 0 Å². The zero-order chi connectivity index (χ0) is 14.4. The minimum Gasteiger partial charge on any atom is -0.481 e. The number of carboxylic acid groups (broad SMARTS) is 1. The molecule has 0 saturated carbocycles. The molecule has 0 aromatic carbocycles. The molecule has 1 rings (SSSR count). The van der Waals surface area contributed by atoms with Gasteiger partial charge < -0.3 is 14.6 Å². The molecule has 1 aromatic heterocycles. The van der Waals surface area contributed by atoms with Crippen LogP contribution in [0, 0.1) is 0 Å². The number of allylic oxidation sites excluding steroid dienone is 1. The molecule has 19 heavy (non-hydrogen) atoms. The highest BCUT2D eigenvalue weighted by atomic mass is 32.2. The average molecular weight is 284 g/mol. The number of carbonyl (C=O) groups is 1. The molecule has 1 heterocycles. The lowest BCUT2D eigenvalue weighted by atomic mass is 10.2. The van der Waals surface area contributed by atoms with E-state index in [0.717, 1.165) is 17.3 Å². The molecule has 0 radical (unpaired) electrons. The van der Waals surface area contributed by atoms with E-state index >= 15 is 0 Å². The van der Waals surface area contributed by atoms with Crippen LogP contribution in [0.1, 0.15) is 20.3 Å². The molecular formula is C12H16N2O4S. The van der Waals surface area contributed by atoms with Crippen LogP contribution in [-0.2, 0) is 4.79 Å². The van der Waals surface area contributed by atoms with Crippen LogP contribution in [0.15, 0.2) is 21.7 Å². The van der Waals surface area contributed by atoms with E-state index in [9.17, 15) is 9.90 Å². The van der Waals surface area contributed by atoms with Crippen molar-refractivity contribution in [3.05, 3.63) is 16.5 Å². The summed E-state index contributed by atoms with van der Waals surface area (Å²) in [6.07, 6.45) is 0.649. The van der Waals surface area contributed by atoms with E-state index in [-0.39, 0.29) is 10.1 Å². The maximum absolute atomic E-state index is 11.2.